The Balaban J connectivity index is 2.05. The van der Waals surface area contributed by atoms with Gasteiger partial charge in [0.2, 0.25) is 0 Å². The molecule has 0 aromatic rings. The number of allylic oxidation sites excluding steroid dienone is 1. The minimum atomic E-state index is -0.395. The van der Waals surface area contributed by atoms with Gasteiger partial charge in [-0.25, -0.2) is 0 Å². The largest absolute Gasteiger partial charge is 0.344 e. The van der Waals surface area contributed by atoms with Gasteiger partial charge in [0.25, 0.3) is 0 Å². The zero-order valence-electron chi connectivity index (χ0n) is 8.79. The average Bonchev–Trinajstić information content (AvgIpc) is 2.61. The monoisotopic (exact) mass is 197 g/mol. The van der Waals surface area contributed by atoms with Crippen LogP contribution in [0.15, 0.2) is 12.2 Å². The van der Waals surface area contributed by atoms with E-state index < -0.39 is 5.79 Å². The molecular formula is C11H19NO2. The molecule has 3 heteroatoms. The van der Waals surface area contributed by atoms with Gasteiger partial charge in [0.15, 0.2) is 5.79 Å². The second kappa shape index (κ2) is 3.65. The molecule has 1 unspecified atom stereocenters. The normalized spacial score (nSPS) is 35.3. The molecule has 2 aliphatic rings. The van der Waals surface area contributed by atoms with Gasteiger partial charge >= 0.3 is 0 Å². The van der Waals surface area contributed by atoms with Crippen LogP contribution in [-0.4, -0.2) is 25.5 Å². The molecule has 1 aliphatic heterocycles. The van der Waals surface area contributed by atoms with E-state index in [1.807, 2.05) is 0 Å². The maximum absolute atomic E-state index is 5.61. The van der Waals surface area contributed by atoms with E-state index in [-0.39, 0.29) is 5.41 Å². The van der Waals surface area contributed by atoms with E-state index in [1.165, 1.54) is 0 Å². The van der Waals surface area contributed by atoms with Crippen molar-refractivity contribution in [2.75, 3.05) is 19.8 Å². The van der Waals surface area contributed by atoms with E-state index in [0.717, 1.165) is 39.0 Å². The number of hydrogen-bond donors (Lipinski definition) is 1. The molecule has 2 rings (SSSR count). The molecule has 0 aromatic heterocycles. The van der Waals surface area contributed by atoms with Crippen LogP contribution >= 0.6 is 0 Å². The lowest BCUT2D eigenvalue weighted by atomic mass is 9.76. The minimum absolute atomic E-state index is 0.245. The van der Waals surface area contributed by atoms with Crippen LogP contribution < -0.4 is 5.73 Å². The second-order valence-electron chi connectivity index (χ2n) is 4.53. The fourth-order valence-corrected chi connectivity index (χ4v) is 2.20. The molecule has 0 saturated carbocycles. The maximum atomic E-state index is 5.61. The zero-order chi connectivity index (χ0) is 10.1. The second-order valence-corrected chi connectivity index (χ2v) is 4.53. The molecule has 0 bridgehead atoms. The first-order valence-electron chi connectivity index (χ1n) is 5.37. The lowest BCUT2D eigenvalue weighted by Crippen LogP contribution is -2.35. The summed E-state index contributed by atoms with van der Waals surface area (Å²) in [5, 5.41) is 0. The quantitative estimate of drug-likeness (QED) is 0.681. The first-order chi connectivity index (χ1) is 6.68. The van der Waals surface area contributed by atoms with Crippen LogP contribution in [0.25, 0.3) is 0 Å². The van der Waals surface area contributed by atoms with Crippen LogP contribution in [0.2, 0.25) is 0 Å². The van der Waals surface area contributed by atoms with E-state index in [9.17, 15) is 0 Å². The Morgan fingerprint density at radius 1 is 1.21 bits per heavy atom. The van der Waals surface area contributed by atoms with Crippen molar-refractivity contribution in [2.24, 2.45) is 11.1 Å². The van der Waals surface area contributed by atoms with Gasteiger partial charge in [-0.1, -0.05) is 13.0 Å². The topological polar surface area (TPSA) is 44.5 Å². The van der Waals surface area contributed by atoms with E-state index in [1.54, 1.807) is 0 Å². The molecule has 80 valence electrons. The number of hydrogen-bond acceptors (Lipinski definition) is 3. The standard InChI is InChI=1S/C11H19NO2/c1-10(6-7-12)2-4-11(5-3-10)13-8-9-14-11/h2,4H,3,5-9,12H2,1H3. The first-order valence-corrected chi connectivity index (χ1v) is 5.37. The molecule has 1 spiro atoms. The summed E-state index contributed by atoms with van der Waals surface area (Å²) in [4.78, 5) is 0. The summed E-state index contributed by atoms with van der Waals surface area (Å²) >= 11 is 0. The Bertz CT molecular complexity index is 233. The summed E-state index contributed by atoms with van der Waals surface area (Å²) in [5.41, 5.74) is 5.84. The molecule has 0 radical (unpaired) electrons. The van der Waals surface area contributed by atoms with Gasteiger partial charge in [0.1, 0.15) is 0 Å². The van der Waals surface area contributed by atoms with Crippen molar-refractivity contribution < 1.29 is 9.47 Å². The fourth-order valence-electron chi connectivity index (χ4n) is 2.20. The Kier molecular flexibility index (Phi) is 2.64. The van der Waals surface area contributed by atoms with Crippen LogP contribution in [0.3, 0.4) is 0 Å². The highest BCUT2D eigenvalue weighted by Crippen LogP contribution is 2.40. The number of rotatable bonds is 2. The van der Waals surface area contributed by atoms with Gasteiger partial charge < -0.3 is 15.2 Å². The van der Waals surface area contributed by atoms with Crippen molar-refractivity contribution in [2.45, 2.75) is 32.0 Å². The Labute approximate surface area is 85.3 Å². The molecule has 3 nitrogen and oxygen atoms in total. The van der Waals surface area contributed by atoms with Crippen molar-refractivity contribution in [1.29, 1.82) is 0 Å². The van der Waals surface area contributed by atoms with Gasteiger partial charge in [-0.2, -0.15) is 0 Å². The van der Waals surface area contributed by atoms with Gasteiger partial charge in [0.05, 0.1) is 13.2 Å². The summed E-state index contributed by atoms with van der Waals surface area (Å²) in [6.07, 6.45) is 7.40. The predicted molar refractivity (Wildman–Crippen MR) is 54.8 cm³/mol. The van der Waals surface area contributed by atoms with Gasteiger partial charge in [-0.3, -0.25) is 0 Å². The Morgan fingerprint density at radius 2 is 1.93 bits per heavy atom. The third-order valence-corrected chi connectivity index (χ3v) is 3.28. The molecule has 1 fully saturated rings. The molecule has 14 heavy (non-hydrogen) atoms. The van der Waals surface area contributed by atoms with Crippen LogP contribution in [0.4, 0.5) is 0 Å². The highest BCUT2D eigenvalue weighted by molar-refractivity contribution is 5.10. The van der Waals surface area contributed by atoms with Crippen LogP contribution in [-0.2, 0) is 9.47 Å². The van der Waals surface area contributed by atoms with Crippen LogP contribution in [0.5, 0.6) is 0 Å². The lowest BCUT2D eigenvalue weighted by molar-refractivity contribution is -0.131. The fraction of sp³-hybridized carbons (Fsp3) is 0.818. The summed E-state index contributed by atoms with van der Waals surface area (Å²) in [6, 6.07) is 0. The van der Waals surface area contributed by atoms with Crippen LogP contribution in [0.1, 0.15) is 26.2 Å². The van der Waals surface area contributed by atoms with Crippen molar-refractivity contribution in [3.05, 3.63) is 12.2 Å². The van der Waals surface area contributed by atoms with Crippen molar-refractivity contribution in [1.82, 2.24) is 0 Å². The third kappa shape index (κ3) is 1.85. The van der Waals surface area contributed by atoms with E-state index in [4.69, 9.17) is 15.2 Å². The molecule has 1 atom stereocenters. The van der Waals surface area contributed by atoms with Crippen LogP contribution in [0, 0.1) is 5.41 Å². The SMILES string of the molecule is CC1(CCN)C=CC2(CC1)OCCO2. The minimum Gasteiger partial charge on any atom is -0.344 e. The highest BCUT2D eigenvalue weighted by atomic mass is 16.7. The van der Waals surface area contributed by atoms with Gasteiger partial charge in [0, 0.05) is 6.42 Å². The Hall–Kier alpha value is -0.380. The zero-order valence-corrected chi connectivity index (χ0v) is 8.79. The summed E-state index contributed by atoms with van der Waals surface area (Å²) in [7, 11) is 0. The number of nitrogens with two attached hydrogens (primary N) is 1. The molecule has 0 aromatic carbocycles. The van der Waals surface area contributed by atoms with Crippen molar-refractivity contribution in [3.8, 4) is 0 Å². The third-order valence-electron chi connectivity index (χ3n) is 3.28. The highest BCUT2D eigenvalue weighted by Gasteiger charge is 2.39. The smallest absolute Gasteiger partial charge is 0.188 e. The summed E-state index contributed by atoms with van der Waals surface area (Å²) in [6.45, 7) is 4.43. The Morgan fingerprint density at radius 3 is 2.43 bits per heavy atom. The molecular weight excluding hydrogens is 178 g/mol. The van der Waals surface area contributed by atoms with Gasteiger partial charge in [-0.05, 0) is 30.9 Å². The molecule has 1 saturated heterocycles. The summed E-state index contributed by atoms with van der Waals surface area (Å²) < 4.78 is 11.2. The predicted octanol–water partition coefficient (Wildman–Crippen LogP) is 1.43. The molecule has 1 aliphatic carbocycles. The van der Waals surface area contributed by atoms with E-state index in [0.29, 0.717) is 0 Å². The first kappa shape index (κ1) is 10.1. The lowest BCUT2D eigenvalue weighted by Gasteiger charge is -2.36. The van der Waals surface area contributed by atoms with Crippen molar-refractivity contribution in [3.63, 3.8) is 0 Å². The van der Waals surface area contributed by atoms with E-state index in [2.05, 4.69) is 19.1 Å². The van der Waals surface area contributed by atoms with Crippen molar-refractivity contribution >= 4 is 0 Å². The molecule has 1 heterocycles. The molecule has 0 amide bonds. The van der Waals surface area contributed by atoms with E-state index >= 15 is 0 Å². The van der Waals surface area contributed by atoms with Gasteiger partial charge in [-0.15, -0.1) is 0 Å². The number of ether oxygens (including phenoxy) is 2. The summed E-state index contributed by atoms with van der Waals surface area (Å²) in [5.74, 6) is -0.395. The molecule has 2 N–H and O–H groups in total. The maximum Gasteiger partial charge on any atom is 0.188 e. The average molecular weight is 197 g/mol.